The van der Waals surface area contributed by atoms with Crippen LogP contribution in [0.3, 0.4) is 0 Å². The summed E-state index contributed by atoms with van der Waals surface area (Å²) in [6.45, 7) is 3.33. The predicted octanol–water partition coefficient (Wildman–Crippen LogP) is 2.40. The summed E-state index contributed by atoms with van der Waals surface area (Å²) < 4.78 is 5.83. The smallest absolute Gasteiger partial charge is 0.262 e. The van der Waals surface area contributed by atoms with Gasteiger partial charge in [-0.25, -0.2) is 0 Å². The zero-order valence-corrected chi connectivity index (χ0v) is 15.4. The number of aromatic nitrogens is 1. The minimum Gasteiger partial charge on any atom is -0.481 e. The first-order valence-electron chi connectivity index (χ1n) is 8.28. The fourth-order valence-electron chi connectivity index (χ4n) is 2.33. The number of nitrogens with one attached hydrogen (secondary N) is 1. The van der Waals surface area contributed by atoms with Gasteiger partial charge in [-0.05, 0) is 37.6 Å². The van der Waals surface area contributed by atoms with Gasteiger partial charge in [-0.1, -0.05) is 18.0 Å². The lowest BCUT2D eigenvalue weighted by molar-refractivity contribution is -0.128. The molecule has 1 N–H and O–H groups in total. The summed E-state index contributed by atoms with van der Waals surface area (Å²) >= 11 is 0. The molecule has 2 aromatic rings. The second-order valence-corrected chi connectivity index (χ2v) is 5.96. The molecule has 27 heavy (non-hydrogen) atoms. The van der Waals surface area contributed by atoms with E-state index in [0.717, 1.165) is 10.9 Å². The zero-order chi connectivity index (χ0) is 19.9. The lowest BCUT2D eigenvalue weighted by Gasteiger charge is -2.23. The molecule has 0 radical (unpaired) electrons. The minimum atomic E-state index is -1.31. The number of rotatable bonds is 7. The number of ether oxygens (including phenoxy) is 1. The van der Waals surface area contributed by atoms with Gasteiger partial charge < -0.3 is 14.9 Å². The van der Waals surface area contributed by atoms with E-state index in [9.17, 15) is 10.1 Å². The molecule has 1 heterocycles. The second-order valence-electron chi connectivity index (χ2n) is 5.96. The Hall–Kier alpha value is -3.58. The quantitative estimate of drug-likeness (QED) is 0.462. The van der Waals surface area contributed by atoms with Crippen LogP contribution in [0.1, 0.15) is 25.8 Å². The number of hydrogen-bond donors (Lipinski definition) is 1. The third-order valence-corrected chi connectivity index (χ3v) is 3.79. The first-order valence-corrected chi connectivity index (χ1v) is 8.28. The van der Waals surface area contributed by atoms with Crippen molar-refractivity contribution in [3.05, 3.63) is 36.0 Å². The summed E-state index contributed by atoms with van der Waals surface area (Å²) in [6, 6.07) is 9.10. The molecular weight excluding hydrogens is 344 g/mol. The Bertz CT molecular complexity index is 942. The summed E-state index contributed by atoms with van der Waals surface area (Å²) in [4.78, 5) is 21.4. The number of fused-ring (bicyclic) bond motifs is 1. The van der Waals surface area contributed by atoms with Crippen molar-refractivity contribution in [2.24, 2.45) is 5.16 Å². The highest BCUT2D eigenvalue weighted by atomic mass is 16.6. The SMILES string of the molecule is C#Cc1cnc2ccc(OC(CC)C(=O)NC(C)(C#N)C=NOC)cc2c1. The molecule has 7 nitrogen and oxygen atoms in total. The number of carbonyl (C=O) groups excluding carboxylic acids is 1. The van der Waals surface area contributed by atoms with Crippen LogP contribution >= 0.6 is 0 Å². The maximum Gasteiger partial charge on any atom is 0.262 e. The molecule has 0 spiro atoms. The highest BCUT2D eigenvalue weighted by molar-refractivity contribution is 5.88. The van der Waals surface area contributed by atoms with Crippen LogP contribution in [-0.4, -0.2) is 35.9 Å². The average Bonchev–Trinajstić information content (AvgIpc) is 2.69. The first kappa shape index (κ1) is 19.7. The predicted molar refractivity (Wildman–Crippen MR) is 102 cm³/mol. The van der Waals surface area contributed by atoms with E-state index >= 15 is 0 Å². The molecule has 2 rings (SSSR count). The number of carbonyl (C=O) groups is 1. The summed E-state index contributed by atoms with van der Waals surface area (Å²) in [6.07, 6.45) is 7.88. The molecule has 0 saturated carbocycles. The Labute approximate surface area is 158 Å². The van der Waals surface area contributed by atoms with Crippen LogP contribution in [0.25, 0.3) is 10.9 Å². The number of amides is 1. The molecule has 2 unspecified atom stereocenters. The van der Waals surface area contributed by atoms with Crippen LogP contribution < -0.4 is 10.1 Å². The van der Waals surface area contributed by atoms with E-state index in [1.807, 2.05) is 19.1 Å². The van der Waals surface area contributed by atoms with Crippen LogP contribution in [-0.2, 0) is 9.63 Å². The number of pyridine rings is 1. The molecule has 0 bridgehead atoms. The van der Waals surface area contributed by atoms with Crippen LogP contribution in [0.4, 0.5) is 0 Å². The highest BCUT2D eigenvalue weighted by Gasteiger charge is 2.29. The van der Waals surface area contributed by atoms with Gasteiger partial charge >= 0.3 is 0 Å². The van der Waals surface area contributed by atoms with Gasteiger partial charge in [0.25, 0.3) is 5.91 Å². The van der Waals surface area contributed by atoms with Gasteiger partial charge in [-0.15, -0.1) is 6.42 Å². The number of nitrogens with zero attached hydrogens (tertiary/aromatic N) is 3. The number of hydrogen-bond acceptors (Lipinski definition) is 6. The number of terminal acetylenes is 1. The van der Waals surface area contributed by atoms with E-state index in [0.29, 0.717) is 17.7 Å². The molecule has 1 amide bonds. The van der Waals surface area contributed by atoms with Crippen molar-refractivity contribution in [1.82, 2.24) is 10.3 Å². The van der Waals surface area contributed by atoms with Crippen molar-refractivity contribution in [1.29, 1.82) is 5.26 Å². The topological polar surface area (TPSA) is 96.6 Å². The Morgan fingerprint density at radius 3 is 2.93 bits per heavy atom. The molecule has 2 atom stereocenters. The van der Waals surface area contributed by atoms with Crippen LogP contribution in [0.5, 0.6) is 5.75 Å². The van der Waals surface area contributed by atoms with Crippen LogP contribution in [0.2, 0.25) is 0 Å². The lowest BCUT2D eigenvalue weighted by Crippen LogP contribution is -2.51. The molecule has 0 aliphatic rings. The average molecular weight is 364 g/mol. The summed E-state index contributed by atoms with van der Waals surface area (Å²) in [5, 5.41) is 16.3. The molecule has 0 fully saturated rings. The Kier molecular flexibility index (Phi) is 6.35. The third-order valence-electron chi connectivity index (χ3n) is 3.79. The van der Waals surface area contributed by atoms with E-state index in [4.69, 9.17) is 11.2 Å². The highest BCUT2D eigenvalue weighted by Crippen LogP contribution is 2.22. The first-order chi connectivity index (χ1) is 12.9. The van der Waals surface area contributed by atoms with E-state index in [-0.39, 0.29) is 0 Å². The van der Waals surface area contributed by atoms with Crippen molar-refractivity contribution in [2.45, 2.75) is 31.9 Å². The standard InChI is InChI=1S/C20H20N4O3/c1-5-14-9-15-10-16(7-8-17(15)22-11-14)27-18(6-2)19(25)24-20(3,12-21)13-23-26-4/h1,7-11,13,18H,6H2,2-4H3,(H,24,25). The Morgan fingerprint density at radius 2 is 2.30 bits per heavy atom. The fourth-order valence-corrected chi connectivity index (χ4v) is 2.33. The van der Waals surface area contributed by atoms with E-state index in [1.54, 1.807) is 24.4 Å². The van der Waals surface area contributed by atoms with E-state index in [2.05, 4.69) is 26.2 Å². The van der Waals surface area contributed by atoms with Crippen molar-refractivity contribution >= 4 is 23.0 Å². The van der Waals surface area contributed by atoms with E-state index < -0.39 is 17.6 Å². The molecule has 7 heteroatoms. The summed E-state index contributed by atoms with van der Waals surface area (Å²) in [5.74, 6) is 2.61. The number of nitriles is 1. The molecule has 138 valence electrons. The Morgan fingerprint density at radius 1 is 1.52 bits per heavy atom. The Balaban J connectivity index is 2.19. The molecule has 0 aliphatic carbocycles. The number of benzene rings is 1. The molecule has 0 aliphatic heterocycles. The van der Waals surface area contributed by atoms with Crippen molar-refractivity contribution in [3.8, 4) is 24.2 Å². The van der Waals surface area contributed by atoms with Gasteiger partial charge in [0.2, 0.25) is 0 Å². The van der Waals surface area contributed by atoms with Crippen molar-refractivity contribution < 1.29 is 14.4 Å². The molecule has 1 aromatic carbocycles. The zero-order valence-electron chi connectivity index (χ0n) is 15.4. The summed E-state index contributed by atoms with van der Waals surface area (Å²) in [7, 11) is 1.36. The second kappa shape index (κ2) is 8.68. The minimum absolute atomic E-state index is 0.412. The van der Waals surface area contributed by atoms with Gasteiger partial charge in [0, 0.05) is 17.1 Å². The summed E-state index contributed by atoms with van der Waals surface area (Å²) in [5.41, 5.74) is 0.122. The van der Waals surface area contributed by atoms with Crippen molar-refractivity contribution in [2.75, 3.05) is 7.11 Å². The molecule has 0 saturated heterocycles. The maximum absolute atomic E-state index is 12.6. The van der Waals surface area contributed by atoms with Crippen molar-refractivity contribution in [3.63, 3.8) is 0 Å². The number of oxime groups is 1. The monoisotopic (exact) mass is 364 g/mol. The largest absolute Gasteiger partial charge is 0.481 e. The third kappa shape index (κ3) is 4.96. The van der Waals surface area contributed by atoms with Gasteiger partial charge in [0.05, 0.1) is 17.8 Å². The lowest BCUT2D eigenvalue weighted by atomic mass is 10.1. The van der Waals surface area contributed by atoms with Gasteiger partial charge in [-0.3, -0.25) is 9.78 Å². The van der Waals surface area contributed by atoms with Gasteiger partial charge in [-0.2, -0.15) is 5.26 Å². The normalized spacial score (nSPS) is 14.0. The maximum atomic E-state index is 12.6. The van der Waals surface area contributed by atoms with E-state index in [1.165, 1.54) is 20.2 Å². The fraction of sp³-hybridized carbons (Fsp3) is 0.300. The van der Waals surface area contributed by atoms with Gasteiger partial charge in [0.15, 0.2) is 11.6 Å². The molecular formula is C20H20N4O3. The molecule has 1 aromatic heterocycles. The van der Waals surface area contributed by atoms with Crippen LogP contribution in [0, 0.1) is 23.7 Å². The van der Waals surface area contributed by atoms with Crippen LogP contribution in [0.15, 0.2) is 35.6 Å². The van der Waals surface area contributed by atoms with Gasteiger partial charge in [0.1, 0.15) is 12.9 Å².